The molecule has 2 aromatic carbocycles. The second kappa shape index (κ2) is 9.55. The summed E-state index contributed by atoms with van der Waals surface area (Å²) < 4.78 is 51.3. The van der Waals surface area contributed by atoms with Crippen molar-refractivity contribution in [2.75, 3.05) is 31.6 Å². The highest BCUT2D eigenvalue weighted by Crippen LogP contribution is 2.30. The van der Waals surface area contributed by atoms with E-state index in [2.05, 4.69) is 5.32 Å². The van der Waals surface area contributed by atoms with Crippen molar-refractivity contribution < 1.29 is 27.1 Å². The van der Waals surface area contributed by atoms with Crippen LogP contribution in [-0.4, -0.2) is 51.0 Å². The summed E-state index contributed by atoms with van der Waals surface area (Å²) in [6.07, 6.45) is -0.151. The number of carbonyl (C=O) groups excluding carboxylic acids is 1. The first-order chi connectivity index (χ1) is 14.3. The molecule has 162 valence electrons. The number of benzene rings is 2. The molecule has 7 nitrogen and oxygen atoms in total. The van der Waals surface area contributed by atoms with Gasteiger partial charge in [0.2, 0.25) is 15.9 Å². The van der Waals surface area contributed by atoms with Gasteiger partial charge in [0.25, 0.3) is 0 Å². The molecule has 3 rings (SSSR count). The van der Waals surface area contributed by atoms with E-state index in [1.165, 1.54) is 40.7 Å². The van der Waals surface area contributed by atoms with Crippen LogP contribution in [0.2, 0.25) is 0 Å². The Hall–Kier alpha value is -2.49. The van der Waals surface area contributed by atoms with Crippen molar-refractivity contribution in [2.45, 2.75) is 31.3 Å². The summed E-state index contributed by atoms with van der Waals surface area (Å²) in [6.45, 7) is 4.91. The van der Waals surface area contributed by atoms with E-state index in [1.807, 2.05) is 13.8 Å². The zero-order chi connectivity index (χ0) is 21.7. The molecule has 9 heteroatoms. The third kappa shape index (κ3) is 5.56. The number of morpholine rings is 1. The van der Waals surface area contributed by atoms with E-state index < -0.39 is 10.0 Å². The minimum atomic E-state index is -3.72. The van der Waals surface area contributed by atoms with Crippen LogP contribution in [0.4, 0.5) is 10.1 Å². The number of carbonyl (C=O) groups is 1. The van der Waals surface area contributed by atoms with Crippen LogP contribution in [0.1, 0.15) is 19.4 Å². The lowest BCUT2D eigenvalue weighted by Crippen LogP contribution is -2.40. The summed E-state index contributed by atoms with van der Waals surface area (Å²) >= 11 is 0. The predicted octanol–water partition coefficient (Wildman–Crippen LogP) is 2.82. The number of nitrogens with zero attached hydrogens (tertiary/aromatic N) is 1. The Bertz CT molecular complexity index is 987. The zero-order valence-electron chi connectivity index (χ0n) is 16.9. The number of hydrogen-bond acceptors (Lipinski definition) is 5. The fourth-order valence-electron chi connectivity index (χ4n) is 3.04. The molecule has 1 amide bonds. The fraction of sp³-hybridized carbons (Fsp3) is 0.381. The highest BCUT2D eigenvalue weighted by Gasteiger charge is 2.27. The molecule has 0 saturated carbocycles. The van der Waals surface area contributed by atoms with Gasteiger partial charge in [0.05, 0.1) is 36.3 Å². The molecule has 0 spiro atoms. The van der Waals surface area contributed by atoms with Crippen LogP contribution in [0.25, 0.3) is 0 Å². The minimum Gasteiger partial charge on any atom is -0.489 e. The summed E-state index contributed by atoms with van der Waals surface area (Å²) in [5.41, 5.74) is 0.905. The van der Waals surface area contributed by atoms with Crippen LogP contribution in [-0.2, 0) is 26.0 Å². The standard InChI is InChI=1S/C21H25FN2O5S/c1-15(2)29-20-8-7-18(30(26,27)24-9-11-28-12-10-24)14-19(20)23-21(25)13-16-3-5-17(22)6-4-16/h3-8,14-15H,9-13H2,1-2H3,(H,23,25). The summed E-state index contributed by atoms with van der Waals surface area (Å²) in [5, 5.41) is 2.73. The quantitative estimate of drug-likeness (QED) is 0.722. The predicted molar refractivity (Wildman–Crippen MR) is 111 cm³/mol. The van der Waals surface area contributed by atoms with Gasteiger partial charge in [-0.15, -0.1) is 0 Å². The van der Waals surface area contributed by atoms with Crippen molar-refractivity contribution in [3.63, 3.8) is 0 Å². The zero-order valence-corrected chi connectivity index (χ0v) is 17.7. The molecule has 1 aliphatic rings. The maximum Gasteiger partial charge on any atom is 0.243 e. The maximum absolute atomic E-state index is 13.1. The third-order valence-corrected chi connectivity index (χ3v) is 6.37. The van der Waals surface area contributed by atoms with Gasteiger partial charge in [0.15, 0.2) is 0 Å². The van der Waals surface area contributed by atoms with E-state index in [4.69, 9.17) is 9.47 Å². The number of hydrogen-bond donors (Lipinski definition) is 1. The van der Waals surface area contributed by atoms with Crippen molar-refractivity contribution in [2.24, 2.45) is 0 Å². The van der Waals surface area contributed by atoms with Gasteiger partial charge in [-0.05, 0) is 49.7 Å². The van der Waals surface area contributed by atoms with Gasteiger partial charge in [0.1, 0.15) is 11.6 Å². The summed E-state index contributed by atoms with van der Waals surface area (Å²) in [6, 6.07) is 10.0. The fourth-order valence-corrected chi connectivity index (χ4v) is 4.48. The Balaban J connectivity index is 1.85. The Labute approximate surface area is 175 Å². The van der Waals surface area contributed by atoms with Crippen LogP contribution >= 0.6 is 0 Å². The van der Waals surface area contributed by atoms with E-state index in [1.54, 1.807) is 6.07 Å². The molecule has 1 fully saturated rings. The number of halogens is 1. The normalized spacial score (nSPS) is 15.2. The topological polar surface area (TPSA) is 84.9 Å². The van der Waals surface area contributed by atoms with E-state index >= 15 is 0 Å². The Morgan fingerprint density at radius 3 is 2.47 bits per heavy atom. The van der Waals surface area contributed by atoms with Gasteiger partial charge in [-0.25, -0.2) is 12.8 Å². The number of rotatable bonds is 7. The van der Waals surface area contributed by atoms with Crippen LogP contribution in [0, 0.1) is 5.82 Å². The van der Waals surface area contributed by atoms with Gasteiger partial charge >= 0.3 is 0 Å². The smallest absolute Gasteiger partial charge is 0.243 e. The molecule has 0 bridgehead atoms. The second-order valence-electron chi connectivity index (χ2n) is 7.19. The van der Waals surface area contributed by atoms with Crippen LogP contribution in [0.15, 0.2) is 47.4 Å². The lowest BCUT2D eigenvalue weighted by atomic mass is 10.1. The molecule has 30 heavy (non-hydrogen) atoms. The average molecular weight is 437 g/mol. The molecule has 1 aliphatic heterocycles. The molecule has 2 aromatic rings. The first-order valence-electron chi connectivity index (χ1n) is 9.68. The SMILES string of the molecule is CC(C)Oc1ccc(S(=O)(=O)N2CCOCC2)cc1NC(=O)Cc1ccc(F)cc1. The second-order valence-corrected chi connectivity index (χ2v) is 9.13. The molecule has 0 aliphatic carbocycles. The summed E-state index contributed by atoms with van der Waals surface area (Å²) in [7, 11) is -3.72. The number of nitrogens with one attached hydrogen (secondary N) is 1. The molecule has 1 heterocycles. The number of ether oxygens (including phenoxy) is 2. The molecule has 0 radical (unpaired) electrons. The van der Waals surface area contributed by atoms with Crippen molar-refractivity contribution in [1.82, 2.24) is 4.31 Å². The highest BCUT2D eigenvalue weighted by molar-refractivity contribution is 7.89. The number of sulfonamides is 1. The van der Waals surface area contributed by atoms with E-state index in [9.17, 15) is 17.6 Å². The first kappa shape index (κ1) is 22.2. The average Bonchev–Trinajstić information content (AvgIpc) is 2.71. The van der Waals surface area contributed by atoms with Crippen molar-refractivity contribution in [3.05, 3.63) is 53.8 Å². The summed E-state index contributed by atoms with van der Waals surface area (Å²) in [5.74, 6) is -0.373. The van der Waals surface area contributed by atoms with E-state index in [0.29, 0.717) is 24.5 Å². The lowest BCUT2D eigenvalue weighted by molar-refractivity contribution is -0.115. The van der Waals surface area contributed by atoms with Gasteiger partial charge in [-0.3, -0.25) is 4.79 Å². The Morgan fingerprint density at radius 1 is 1.17 bits per heavy atom. The molecule has 0 aromatic heterocycles. The summed E-state index contributed by atoms with van der Waals surface area (Å²) in [4.78, 5) is 12.6. The highest BCUT2D eigenvalue weighted by atomic mass is 32.2. The van der Waals surface area contributed by atoms with Crippen molar-refractivity contribution in [1.29, 1.82) is 0 Å². The largest absolute Gasteiger partial charge is 0.489 e. The molecule has 1 saturated heterocycles. The van der Waals surface area contributed by atoms with Gasteiger partial charge in [0, 0.05) is 13.1 Å². The first-order valence-corrected chi connectivity index (χ1v) is 11.1. The van der Waals surface area contributed by atoms with E-state index in [0.717, 1.165) is 0 Å². The number of amides is 1. The van der Waals surface area contributed by atoms with Crippen LogP contribution < -0.4 is 10.1 Å². The van der Waals surface area contributed by atoms with Crippen LogP contribution in [0.3, 0.4) is 0 Å². The van der Waals surface area contributed by atoms with E-state index in [-0.39, 0.29) is 47.9 Å². The molecular formula is C21H25FN2O5S. The van der Waals surface area contributed by atoms with Gasteiger partial charge in [-0.1, -0.05) is 12.1 Å². The van der Waals surface area contributed by atoms with Gasteiger partial charge < -0.3 is 14.8 Å². The molecule has 1 N–H and O–H groups in total. The Morgan fingerprint density at radius 2 is 1.83 bits per heavy atom. The molecular weight excluding hydrogens is 411 g/mol. The minimum absolute atomic E-state index is 0.0157. The third-order valence-electron chi connectivity index (χ3n) is 4.47. The molecule has 0 atom stereocenters. The lowest BCUT2D eigenvalue weighted by Gasteiger charge is -2.26. The maximum atomic E-state index is 13.1. The molecule has 0 unspecified atom stereocenters. The number of anilines is 1. The Kier molecular flexibility index (Phi) is 7.06. The monoisotopic (exact) mass is 436 g/mol. The van der Waals surface area contributed by atoms with Crippen LogP contribution in [0.5, 0.6) is 5.75 Å². The van der Waals surface area contributed by atoms with Gasteiger partial charge in [-0.2, -0.15) is 4.31 Å². The van der Waals surface area contributed by atoms with Crippen molar-refractivity contribution in [3.8, 4) is 5.75 Å². The van der Waals surface area contributed by atoms with Crippen molar-refractivity contribution >= 4 is 21.6 Å².